The van der Waals surface area contributed by atoms with Crippen molar-refractivity contribution in [1.82, 2.24) is 10.3 Å². The number of hydrogen-bond acceptors (Lipinski definition) is 4. The van der Waals surface area contributed by atoms with Crippen molar-refractivity contribution < 1.29 is 9.53 Å². The molecule has 0 saturated heterocycles. The first-order valence-electron chi connectivity index (χ1n) is 6.08. The van der Waals surface area contributed by atoms with E-state index < -0.39 is 0 Å². The molecule has 2 rings (SSSR count). The number of rotatable bonds is 4. The van der Waals surface area contributed by atoms with E-state index in [0.29, 0.717) is 11.3 Å². The lowest BCUT2D eigenvalue weighted by atomic mass is 10.2. The van der Waals surface area contributed by atoms with E-state index in [4.69, 9.17) is 4.74 Å². The number of amides is 1. The molecule has 0 aliphatic rings. The van der Waals surface area contributed by atoms with Gasteiger partial charge in [-0.2, -0.15) is 0 Å². The summed E-state index contributed by atoms with van der Waals surface area (Å²) in [5.41, 5.74) is 0.581. The molecule has 1 unspecified atom stereocenters. The number of thiazole rings is 1. The first-order chi connectivity index (χ1) is 9.51. The van der Waals surface area contributed by atoms with Crippen LogP contribution >= 0.6 is 27.3 Å². The fourth-order valence-electron chi connectivity index (χ4n) is 1.72. The molecular weight excluding hydrogens is 340 g/mol. The molecule has 0 radical (unpaired) electrons. The molecule has 0 aliphatic heterocycles. The van der Waals surface area contributed by atoms with E-state index in [1.54, 1.807) is 36.6 Å². The molecule has 0 fully saturated rings. The van der Waals surface area contributed by atoms with E-state index >= 15 is 0 Å². The van der Waals surface area contributed by atoms with Gasteiger partial charge in [0.25, 0.3) is 5.91 Å². The summed E-state index contributed by atoms with van der Waals surface area (Å²) in [4.78, 5) is 17.6. The molecular formula is C14H15BrN2O2S. The van der Waals surface area contributed by atoms with Gasteiger partial charge in [0.1, 0.15) is 10.8 Å². The van der Waals surface area contributed by atoms with Crippen LogP contribution in [0.4, 0.5) is 0 Å². The molecule has 1 heterocycles. The molecule has 1 aromatic heterocycles. The van der Waals surface area contributed by atoms with Crippen LogP contribution in [-0.4, -0.2) is 18.0 Å². The fraction of sp³-hybridized carbons (Fsp3) is 0.286. The molecule has 6 heteroatoms. The Morgan fingerprint density at radius 3 is 2.80 bits per heavy atom. The number of halogens is 1. The van der Waals surface area contributed by atoms with Crippen molar-refractivity contribution in [3.8, 4) is 5.75 Å². The molecule has 2 aromatic rings. The highest BCUT2D eigenvalue weighted by Gasteiger charge is 2.15. The van der Waals surface area contributed by atoms with Gasteiger partial charge in [0.2, 0.25) is 0 Å². The third-order valence-corrected chi connectivity index (χ3v) is 4.49. The number of benzene rings is 1. The second-order valence-corrected chi connectivity index (χ2v) is 6.47. The minimum Gasteiger partial charge on any atom is -0.496 e. The highest BCUT2D eigenvalue weighted by molar-refractivity contribution is 9.10. The zero-order chi connectivity index (χ0) is 14.7. The van der Waals surface area contributed by atoms with Gasteiger partial charge in [-0.05, 0) is 48.0 Å². The summed E-state index contributed by atoms with van der Waals surface area (Å²) in [5.74, 6) is 0.568. The summed E-state index contributed by atoms with van der Waals surface area (Å²) < 4.78 is 5.90. The van der Waals surface area contributed by atoms with Crippen LogP contribution in [0.25, 0.3) is 0 Å². The molecule has 106 valence electrons. The molecule has 1 aromatic carbocycles. The van der Waals surface area contributed by atoms with Crippen molar-refractivity contribution in [2.75, 3.05) is 7.11 Å². The van der Waals surface area contributed by atoms with Crippen LogP contribution in [-0.2, 0) is 0 Å². The lowest BCUT2D eigenvalue weighted by Gasteiger charge is -2.12. The number of nitrogens with one attached hydrogen (secondary N) is 1. The van der Waals surface area contributed by atoms with Crippen molar-refractivity contribution >= 4 is 33.2 Å². The van der Waals surface area contributed by atoms with Crippen molar-refractivity contribution in [2.45, 2.75) is 19.9 Å². The monoisotopic (exact) mass is 354 g/mol. The van der Waals surface area contributed by atoms with Gasteiger partial charge in [0, 0.05) is 16.6 Å². The molecule has 0 saturated carbocycles. The van der Waals surface area contributed by atoms with Gasteiger partial charge < -0.3 is 10.1 Å². The summed E-state index contributed by atoms with van der Waals surface area (Å²) in [6.45, 7) is 3.92. The van der Waals surface area contributed by atoms with E-state index in [1.165, 1.54) is 0 Å². The number of hydrogen-bond donors (Lipinski definition) is 1. The average molecular weight is 355 g/mol. The summed E-state index contributed by atoms with van der Waals surface area (Å²) in [6.07, 6.45) is 1.81. The van der Waals surface area contributed by atoms with Crippen molar-refractivity contribution in [2.24, 2.45) is 0 Å². The van der Waals surface area contributed by atoms with Gasteiger partial charge in [-0.15, -0.1) is 11.3 Å². The van der Waals surface area contributed by atoms with Crippen molar-refractivity contribution in [3.05, 3.63) is 44.3 Å². The van der Waals surface area contributed by atoms with E-state index in [-0.39, 0.29) is 11.9 Å². The highest BCUT2D eigenvalue weighted by atomic mass is 79.9. The topological polar surface area (TPSA) is 51.2 Å². The number of ether oxygens (including phenoxy) is 1. The standard InChI is InChI=1S/C14H15BrN2O2S/c1-8-7-16-14(20-8)9(2)17-13(18)10-4-5-12(19-3)11(15)6-10/h4-7,9H,1-3H3,(H,17,18). The van der Waals surface area contributed by atoms with Gasteiger partial charge in [-0.1, -0.05) is 0 Å². The van der Waals surface area contributed by atoms with E-state index in [0.717, 1.165) is 14.4 Å². The third-order valence-electron chi connectivity index (χ3n) is 2.77. The molecule has 0 aliphatic carbocycles. The van der Waals surface area contributed by atoms with E-state index in [9.17, 15) is 4.79 Å². The van der Waals surface area contributed by atoms with Crippen molar-refractivity contribution in [3.63, 3.8) is 0 Å². The number of aromatic nitrogens is 1. The predicted octanol–water partition coefficient (Wildman–Crippen LogP) is 3.71. The van der Waals surface area contributed by atoms with Crippen LogP contribution in [0.15, 0.2) is 28.9 Å². The largest absolute Gasteiger partial charge is 0.496 e. The van der Waals surface area contributed by atoms with Crippen molar-refractivity contribution in [1.29, 1.82) is 0 Å². The number of aryl methyl sites for hydroxylation is 1. The molecule has 1 N–H and O–H groups in total. The van der Waals surface area contributed by atoms with E-state index in [1.807, 2.05) is 20.0 Å². The SMILES string of the molecule is COc1ccc(C(=O)NC(C)c2ncc(C)s2)cc1Br. The smallest absolute Gasteiger partial charge is 0.251 e. The summed E-state index contributed by atoms with van der Waals surface area (Å²) in [6, 6.07) is 5.13. The molecule has 4 nitrogen and oxygen atoms in total. The molecule has 1 atom stereocenters. The predicted molar refractivity (Wildman–Crippen MR) is 83.4 cm³/mol. The van der Waals surface area contributed by atoms with Crippen LogP contribution in [0, 0.1) is 6.92 Å². The van der Waals surface area contributed by atoms with Crippen LogP contribution in [0.1, 0.15) is 33.2 Å². The number of carbonyl (C=O) groups excluding carboxylic acids is 1. The third kappa shape index (κ3) is 3.37. The summed E-state index contributed by atoms with van der Waals surface area (Å²) in [7, 11) is 1.59. The van der Waals surface area contributed by atoms with Gasteiger partial charge in [-0.3, -0.25) is 4.79 Å². The normalized spacial score (nSPS) is 12.0. The maximum Gasteiger partial charge on any atom is 0.251 e. The Morgan fingerprint density at radius 1 is 1.50 bits per heavy atom. The first kappa shape index (κ1) is 15.0. The second kappa shape index (κ2) is 6.37. The Balaban J connectivity index is 2.10. The quantitative estimate of drug-likeness (QED) is 0.910. The van der Waals surface area contributed by atoms with Crippen LogP contribution in [0.3, 0.4) is 0 Å². The number of methoxy groups -OCH3 is 1. The fourth-order valence-corrected chi connectivity index (χ4v) is 3.04. The second-order valence-electron chi connectivity index (χ2n) is 4.35. The van der Waals surface area contributed by atoms with E-state index in [2.05, 4.69) is 26.2 Å². The first-order valence-corrected chi connectivity index (χ1v) is 7.69. The Bertz CT molecular complexity index is 627. The van der Waals surface area contributed by atoms with Crippen LogP contribution in [0.2, 0.25) is 0 Å². The van der Waals surface area contributed by atoms with Crippen LogP contribution < -0.4 is 10.1 Å². The maximum absolute atomic E-state index is 12.2. The lowest BCUT2D eigenvalue weighted by Crippen LogP contribution is -2.26. The van der Waals surface area contributed by atoms with Gasteiger partial charge in [0.05, 0.1) is 17.6 Å². The zero-order valence-electron chi connectivity index (χ0n) is 11.4. The zero-order valence-corrected chi connectivity index (χ0v) is 13.8. The summed E-state index contributed by atoms with van der Waals surface area (Å²) in [5, 5.41) is 3.84. The lowest BCUT2D eigenvalue weighted by molar-refractivity contribution is 0.0939. The minimum absolute atomic E-state index is 0.109. The Labute approximate surface area is 130 Å². The average Bonchev–Trinajstić information content (AvgIpc) is 2.85. The Kier molecular flexibility index (Phi) is 4.77. The Hall–Kier alpha value is -1.40. The van der Waals surface area contributed by atoms with Gasteiger partial charge in [0.15, 0.2) is 0 Å². The molecule has 20 heavy (non-hydrogen) atoms. The van der Waals surface area contributed by atoms with Crippen LogP contribution in [0.5, 0.6) is 5.75 Å². The minimum atomic E-state index is -0.131. The molecule has 0 spiro atoms. The number of nitrogens with zero attached hydrogens (tertiary/aromatic N) is 1. The highest BCUT2D eigenvalue weighted by Crippen LogP contribution is 2.26. The number of carbonyl (C=O) groups is 1. The van der Waals surface area contributed by atoms with Gasteiger partial charge in [-0.25, -0.2) is 4.98 Å². The Morgan fingerprint density at radius 2 is 2.25 bits per heavy atom. The maximum atomic E-state index is 12.2. The van der Waals surface area contributed by atoms with Gasteiger partial charge >= 0.3 is 0 Å². The molecule has 1 amide bonds. The summed E-state index contributed by atoms with van der Waals surface area (Å²) >= 11 is 4.96. The molecule has 0 bridgehead atoms.